The van der Waals surface area contributed by atoms with E-state index in [4.69, 9.17) is 21.3 Å². The van der Waals surface area contributed by atoms with Crippen LogP contribution >= 0.6 is 11.6 Å². The van der Waals surface area contributed by atoms with Crippen molar-refractivity contribution in [1.82, 2.24) is 19.9 Å². The van der Waals surface area contributed by atoms with Crippen LogP contribution in [0.15, 0.2) is 48.8 Å². The molecule has 0 aliphatic carbocycles. The van der Waals surface area contributed by atoms with Crippen molar-refractivity contribution in [3.8, 4) is 17.0 Å². The summed E-state index contributed by atoms with van der Waals surface area (Å²) in [6.45, 7) is 5.48. The minimum absolute atomic E-state index is 0.442. The lowest BCUT2D eigenvalue weighted by molar-refractivity contribution is 0.192. The zero-order chi connectivity index (χ0) is 26.2. The molecule has 2 N–H and O–H groups in total. The van der Waals surface area contributed by atoms with E-state index in [1.807, 2.05) is 30.5 Å². The third-order valence-corrected chi connectivity index (χ3v) is 8.11. The quantitative estimate of drug-likeness (QED) is 0.300. The largest absolute Gasteiger partial charge is 0.494 e. The number of para-hydroxylation sites is 1. The van der Waals surface area contributed by atoms with Crippen LogP contribution in [0.25, 0.3) is 22.2 Å². The summed E-state index contributed by atoms with van der Waals surface area (Å²) >= 11 is 6.52. The normalized spacial score (nSPS) is 18.8. The molecule has 2 fully saturated rings. The molecular formula is C29H32ClFN6O. The Labute approximate surface area is 227 Å². The van der Waals surface area contributed by atoms with Gasteiger partial charge < -0.3 is 19.9 Å². The minimum Gasteiger partial charge on any atom is -0.494 e. The van der Waals surface area contributed by atoms with Crippen LogP contribution in [0.2, 0.25) is 5.02 Å². The Morgan fingerprint density at radius 2 is 1.95 bits per heavy atom. The Morgan fingerprint density at radius 3 is 2.71 bits per heavy atom. The molecule has 0 saturated carbocycles. The molecule has 0 spiro atoms. The Morgan fingerprint density at radius 1 is 1.13 bits per heavy atom. The van der Waals surface area contributed by atoms with Crippen molar-refractivity contribution in [2.45, 2.75) is 38.4 Å². The molecule has 38 heavy (non-hydrogen) atoms. The van der Waals surface area contributed by atoms with Gasteiger partial charge in [0.1, 0.15) is 11.9 Å². The second-order valence-corrected chi connectivity index (χ2v) is 10.6. The molecule has 9 heteroatoms. The van der Waals surface area contributed by atoms with E-state index < -0.39 is 6.17 Å². The van der Waals surface area contributed by atoms with E-state index in [0.29, 0.717) is 35.7 Å². The number of aromatic nitrogens is 3. The summed E-state index contributed by atoms with van der Waals surface area (Å²) < 4.78 is 19.5. The average molecular weight is 535 g/mol. The van der Waals surface area contributed by atoms with Gasteiger partial charge in [0.2, 0.25) is 5.95 Å². The number of ether oxygens (including phenoxy) is 1. The van der Waals surface area contributed by atoms with Gasteiger partial charge in [0.25, 0.3) is 0 Å². The molecule has 2 aromatic heterocycles. The zero-order valence-corrected chi connectivity index (χ0v) is 22.4. The number of H-pyrrole nitrogens is 1. The third kappa shape index (κ3) is 4.78. The number of likely N-dealkylation sites (tertiary alicyclic amines) is 1. The molecule has 198 valence electrons. The second-order valence-electron chi connectivity index (χ2n) is 10.2. The van der Waals surface area contributed by atoms with Gasteiger partial charge in [-0.2, -0.15) is 0 Å². The third-order valence-electron chi connectivity index (χ3n) is 7.84. The zero-order valence-electron chi connectivity index (χ0n) is 21.7. The second kappa shape index (κ2) is 10.4. The smallest absolute Gasteiger partial charge is 0.227 e. The number of piperidine rings is 1. The maximum atomic E-state index is 13.7. The number of aryl methyl sites for hydroxylation is 1. The first-order chi connectivity index (χ1) is 18.5. The topological polar surface area (TPSA) is 69.3 Å². The molecule has 6 rings (SSSR count). The van der Waals surface area contributed by atoms with Gasteiger partial charge in [-0.05, 0) is 43.9 Å². The summed E-state index contributed by atoms with van der Waals surface area (Å²) in [6.07, 6.45) is 5.64. The van der Waals surface area contributed by atoms with Crippen LogP contribution in [0.1, 0.15) is 24.8 Å². The molecule has 4 heterocycles. The van der Waals surface area contributed by atoms with Gasteiger partial charge in [0.05, 0.1) is 29.7 Å². The van der Waals surface area contributed by atoms with Crippen LogP contribution < -0.4 is 15.0 Å². The number of alkyl halides is 1. The summed E-state index contributed by atoms with van der Waals surface area (Å²) in [7, 11) is 1.67. The minimum atomic E-state index is -0.664. The maximum absolute atomic E-state index is 13.7. The number of aromatic amines is 1. The molecule has 2 saturated heterocycles. The van der Waals surface area contributed by atoms with Gasteiger partial charge in [-0.1, -0.05) is 29.8 Å². The molecule has 0 radical (unpaired) electrons. The lowest BCUT2D eigenvalue weighted by atomic mass is 10.0. The van der Waals surface area contributed by atoms with Gasteiger partial charge in [-0.25, -0.2) is 14.4 Å². The summed E-state index contributed by atoms with van der Waals surface area (Å²) in [6, 6.07) is 12.7. The lowest BCUT2D eigenvalue weighted by Crippen LogP contribution is -2.44. The number of nitrogens with one attached hydrogen (secondary N) is 2. The highest BCUT2D eigenvalue weighted by atomic mass is 35.5. The standard InChI is InChI=1S/C29H32ClFN6O/c1-18-13-25(27(38-2)14-26(18)36-11-8-20(9-12-36)37-10-7-19(31)17-37)34-29-33-16-23(30)28(35-29)22-15-32-24-6-4-3-5-21(22)24/h3-6,13-16,19-20,32H,7-12,17H2,1-2H3,(H,33,34,35)/t19-/m1/s1. The monoisotopic (exact) mass is 534 g/mol. The van der Waals surface area contributed by atoms with Crippen molar-refractivity contribution in [2.24, 2.45) is 0 Å². The molecule has 4 aromatic rings. The Balaban J connectivity index is 1.22. The van der Waals surface area contributed by atoms with Gasteiger partial charge in [0.15, 0.2) is 0 Å². The van der Waals surface area contributed by atoms with Gasteiger partial charge >= 0.3 is 0 Å². The van der Waals surface area contributed by atoms with Crippen LogP contribution in [-0.4, -0.2) is 65.4 Å². The fraction of sp³-hybridized carbons (Fsp3) is 0.379. The van der Waals surface area contributed by atoms with Gasteiger partial charge in [-0.3, -0.25) is 4.90 Å². The maximum Gasteiger partial charge on any atom is 0.227 e. The highest BCUT2D eigenvalue weighted by Crippen LogP contribution is 2.37. The molecule has 0 bridgehead atoms. The summed E-state index contributed by atoms with van der Waals surface area (Å²) in [5.41, 5.74) is 5.70. The number of benzene rings is 2. The Bertz CT molecular complexity index is 1450. The number of rotatable bonds is 6. The fourth-order valence-corrected chi connectivity index (χ4v) is 6.03. The van der Waals surface area contributed by atoms with E-state index in [1.54, 1.807) is 13.3 Å². The molecule has 2 aliphatic rings. The van der Waals surface area contributed by atoms with Crippen molar-refractivity contribution >= 4 is 39.8 Å². The predicted octanol–water partition coefficient (Wildman–Crippen LogP) is 6.35. The Hall–Kier alpha value is -3.36. The van der Waals surface area contributed by atoms with Crippen molar-refractivity contribution < 1.29 is 9.13 Å². The van der Waals surface area contributed by atoms with Crippen LogP contribution in [0, 0.1) is 6.92 Å². The van der Waals surface area contributed by atoms with Crippen LogP contribution in [0.3, 0.4) is 0 Å². The van der Waals surface area contributed by atoms with Crippen LogP contribution in [-0.2, 0) is 0 Å². The van der Waals surface area contributed by atoms with E-state index in [2.05, 4.69) is 44.1 Å². The van der Waals surface area contributed by atoms with E-state index >= 15 is 0 Å². The molecule has 2 aromatic carbocycles. The number of anilines is 3. The molecule has 1 atom stereocenters. The lowest BCUT2D eigenvalue weighted by Gasteiger charge is -2.38. The van der Waals surface area contributed by atoms with Crippen molar-refractivity contribution in [1.29, 1.82) is 0 Å². The molecule has 0 unspecified atom stereocenters. The predicted molar refractivity (Wildman–Crippen MR) is 152 cm³/mol. The molecule has 2 aliphatic heterocycles. The van der Waals surface area contributed by atoms with Crippen molar-refractivity contribution in [3.63, 3.8) is 0 Å². The number of hydrogen-bond donors (Lipinski definition) is 2. The van der Waals surface area contributed by atoms with E-state index in [1.165, 1.54) is 0 Å². The van der Waals surface area contributed by atoms with Gasteiger partial charge in [0, 0.05) is 66.6 Å². The van der Waals surface area contributed by atoms with Gasteiger partial charge in [-0.15, -0.1) is 0 Å². The van der Waals surface area contributed by atoms with Crippen molar-refractivity contribution in [3.05, 3.63) is 59.4 Å². The average Bonchev–Trinajstić information content (AvgIpc) is 3.56. The summed E-state index contributed by atoms with van der Waals surface area (Å²) in [5, 5.41) is 4.88. The first-order valence-corrected chi connectivity index (χ1v) is 13.6. The number of nitrogens with zero attached hydrogens (tertiary/aromatic N) is 4. The number of hydrogen-bond acceptors (Lipinski definition) is 6. The van der Waals surface area contributed by atoms with E-state index in [9.17, 15) is 4.39 Å². The fourth-order valence-electron chi connectivity index (χ4n) is 5.84. The Kier molecular flexibility index (Phi) is 6.84. The first-order valence-electron chi connectivity index (χ1n) is 13.2. The summed E-state index contributed by atoms with van der Waals surface area (Å²) in [5.74, 6) is 1.16. The highest BCUT2D eigenvalue weighted by molar-refractivity contribution is 6.33. The summed E-state index contributed by atoms with van der Waals surface area (Å²) in [4.78, 5) is 17.2. The van der Waals surface area contributed by atoms with E-state index in [0.717, 1.165) is 71.6 Å². The molecular weight excluding hydrogens is 503 g/mol. The SMILES string of the molecule is COc1cc(N2CCC(N3CC[C@@H](F)C3)CC2)c(C)cc1Nc1ncc(Cl)c(-c2c[nH]c3ccccc23)n1. The molecule has 0 amide bonds. The van der Waals surface area contributed by atoms with Crippen LogP contribution in [0.5, 0.6) is 5.75 Å². The van der Waals surface area contributed by atoms with Crippen LogP contribution in [0.4, 0.5) is 21.7 Å². The highest BCUT2D eigenvalue weighted by Gasteiger charge is 2.31. The number of fused-ring (bicyclic) bond motifs is 1. The first kappa shape index (κ1) is 24.9. The number of halogens is 2. The van der Waals surface area contributed by atoms with Crippen molar-refractivity contribution in [2.75, 3.05) is 43.5 Å². The van der Waals surface area contributed by atoms with E-state index in [-0.39, 0.29) is 0 Å². The number of methoxy groups -OCH3 is 1. The molecule has 7 nitrogen and oxygen atoms in total.